The van der Waals surface area contributed by atoms with E-state index in [9.17, 15) is 37.1 Å². The van der Waals surface area contributed by atoms with Crippen molar-refractivity contribution in [2.24, 2.45) is 11.3 Å². The molecule has 84 heavy (non-hydrogen) atoms. The summed E-state index contributed by atoms with van der Waals surface area (Å²) in [5.41, 5.74) is 4.57. The lowest BCUT2D eigenvalue weighted by atomic mass is 9.85. The number of thiazole rings is 1. The molecular weight excluding hydrogens is 1120 g/mol. The number of nitrogens with zero attached hydrogens (tertiary/aromatic N) is 7. The van der Waals surface area contributed by atoms with Gasteiger partial charge in [-0.3, -0.25) is 28.8 Å². The molecule has 4 saturated heterocycles. The van der Waals surface area contributed by atoms with E-state index in [4.69, 9.17) is 0 Å². The lowest BCUT2D eigenvalue weighted by Crippen LogP contribution is -2.62. The average Bonchev–Trinajstić information content (AvgIpc) is 2.38. The number of benzene rings is 3. The number of likely N-dealkylation sites (tertiary alicyclic amines) is 1. The maximum atomic E-state index is 15.9. The molecular formula is C61H72F3N11O7S2. The molecule has 5 atom stereocenters. The highest BCUT2D eigenvalue weighted by Gasteiger charge is 2.56. The molecule has 446 valence electrons. The van der Waals surface area contributed by atoms with Gasteiger partial charge in [-0.05, 0) is 104 Å². The minimum absolute atomic E-state index is 0.00222. The topological polar surface area (TPSA) is 217 Å². The van der Waals surface area contributed by atoms with Crippen LogP contribution in [-0.2, 0) is 24.6 Å². The maximum Gasteiger partial charge on any atom is 0.301 e. The third kappa shape index (κ3) is 12.1. The van der Waals surface area contributed by atoms with E-state index < -0.39 is 80.7 Å². The first-order valence-electron chi connectivity index (χ1n) is 28.9. The largest absolute Gasteiger partial charge is 0.391 e. The minimum atomic E-state index is -4.37. The molecule has 5 fully saturated rings. The zero-order valence-corrected chi connectivity index (χ0v) is 49.5. The van der Waals surface area contributed by atoms with E-state index in [0.29, 0.717) is 35.4 Å². The van der Waals surface area contributed by atoms with Gasteiger partial charge in [0.05, 0.1) is 39.5 Å². The number of rotatable bonds is 17. The predicted molar refractivity (Wildman–Crippen MR) is 316 cm³/mol. The summed E-state index contributed by atoms with van der Waals surface area (Å²) in [7, 11) is -4.37. The van der Waals surface area contributed by atoms with E-state index in [1.807, 2.05) is 93.4 Å². The van der Waals surface area contributed by atoms with Crippen LogP contribution in [-0.4, -0.2) is 166 Å². The van der Waals surface area contributed by atoms with Crippen molar-refractivity contribution in [1.29, 1.82) is 0 Å². The number of fused-ring (bicyclic) bond motifs is 1. The number of nitrogens with one attached hydrogen (secondary N) is 4. The molecule has 5 aliphatic rings. The number of pyridine rings is 1. The quantitative estimate of drug-likeness (QED) is 0.0558. The Labute approximate surface area is 491 Å². The van der Waals surface area contributed by atoms with Gasteiger partial charge in [-0.15, -0.1) is 11.3 Å². The van der Waals surface area contributed by atoms with Crippen LogP contribution in [0.1, 0.15) is 99.4 Å². The molecule has 6 aromatic rings. The normalized spacial score (nSPS) is 21.6. The highest BCUT2D eigenvalue weighted by atomic mass is 32.2. The number of anilines is 2. The fraction of sp³-hybridized carbons (Fsp3) is 0.475. The Hall–Kier alpha value is -6.76. The highest BCUT2D eigenvalue weighted by Crippen LogP contribution is 2.44. The fourth-order valence-electron chi connectivity index (χ4n) is 12.5. The molecule has 1 saturated carbocycles. The van der Waals surface area contributed by atoms with Gasteiger partial charge in [-0.2, -0.15) is 12.7 Å². The smallest absolute Gasteiger partial charge is 0.301 e. The first-order chi connectivity index (χ1) is 40.1. The predicted octanol–water partition coefficient (Wildman–Crippen LogP) is 7.61. The summed E-state index contributed by atoms with van der Waals surface area (Å²) in [5, 5.41) is 17.4. The summed E-state index contributed by atoms with van der Waals surface area (Å²) < 4.78 is 73.5. The summed E-state index contributed by atoms with van der Waals surface area (Å²) >= 11 is 1.58. The Morgan fingerprint density at radius 3 is 2.21 bits per heavy atom. The van der Waals surface area contributed by atoms with Gasteiger partial charge in [0.2, 0.25) is 23.5 Å². The van der Waals surface area contributed by atoms with E-state index in [0.717, 1.165) is 108 Å². The van der Waals surface area contributed by atoms with Gasteiger partial charge < -0.3 is 35.4 Å². The maximum absolute atomic E-state index is 15.9. The molecule has 3 amide bonds. The van der Waals surface area contributed by atoms with E-state index >= 15 is 8.78 Å². The molecule has 0 bridgehead atoms. The van der Waals surface area contributed by atoms with Crippen LogP contribution >= 0.6 is 11.3 Å². The van der Waals surface area contributed by atoms with Crippen molar-refractivity contribution in [2.75, 3.05) is 75.1 Å². The number of hydrogen-bond donors (Lipinski definition) is 5. The number of halogens is 3. The van der Waals surface area contributed by atoms with Crippen molar-refractivity contribution in [3.63, 3.8) is 0 Å². The van der Waals surface area contributed by atoms with Gasteiger partial charge in [0, 0.05) is 106 Å². The standard InChI is InChI=1S/C61H72F3N11O7S2/c1-36(39-6-8-41(9-7-39)54-37(2)67-35-83-54)68-57(78)50-29-45(76)34-75(50)58(79)55(60(3,4)5)69-59(80)61(19-20-61)73-26-24-71(25-27-73)32-38-16-21-72(22-17-38)44-12-10-40(11-13-44)42-28-46-47(31-66-56(46)65-30-42)53(77)51-48(63)14-15-49(52(51)64)70-84(81,82)74-23-18-43(62)33-74/h6-15,28,30-31,35-36,38,43,45,50,55,70,76H,16-27,29,32-34H2,1-5H3,(H,65,66)(H,68,78)(H,69,80)/t36-,43+,45+,50-,55+/m0/s1. The van der Waals surface area contributed by atoms with Crippen molar-refractivity contribution < 1.29 is 45.9 Å². The molecule has 3 aromatic heterocycles. The van der Waals surface area contributed by atoms with Crippen molar-refractivity contribution in [2.45, 2.75) is 109 Å². The number of hydrogen-bond acceptors (Lipinski definition) is 13. The van der Waals surface area contributed by atoms with Crippen molar-refractivity contribution >= 4 is 67.5 Å². The number of H-pyrrole nitrogens is 1. The van der Waals surface area contributed by atoms with E-state index in [1.165, 1.54) is 11.1 Å². The second-order valence-corrected chi connectivity index (χ2v) is 26.9. The van der Waals surface area contributed by atoms with Crippen LogP contribution < -0.4 is 20.3 Å². The SMILES string of the molecule is Cc1ncsc1-c1ccc([C@H](C)NC(=O)[C@@H]2C[C@@H](O)CN2C(=O)[C@@H](NC(=O)C2(N3CCN(CC4CCN(c5ccc(-c6cnc7[nH]cc(C(=O)c8c(F)ccc(NS(=O)(=O)N9CC[C@@H](F)C9)c8F)c7c6)cc5)CC4)CC3)CC2)C(C)(C)C)cc1. The number of aliphatic hydroxyl groups excluding tert-OH is 1. The lowest BCUT2D eigenvalue weighted by Gasteiger charge is -2.42. The van der Waals surface area contributed by atoms with Crippen molar-refractivity contribution in [3.8, 4) is 21.6 Å². The molecule has 0 spiro atoms. The number of alkyl halides is 1. The van der Waals surface area contributed by atoms with Crippen molar-refractivity contribution in [3.05, 3.63) is 119 Å². The number of piperazine rings is 1. The highest BCUT2D eigenvalue weighted by molar-refractivity contribution is 7.90. The van der Waals surface area contributed by atoms with Gasteiger partial charge >= 0.3 is 10.2 Å². The number of amides is 3. The number of aromatic nitrogens is 3. The molecule has 5 N–H and O–H groups in total. The zero-order valence-electron chi connectivity index (χ0n) is 47.8. The summed E-state index contributed by atoms with van der Waals surface area (Å²) in [6.07, 6.45) is 4.23. The molecule has 4 aliphatic heterocycles. The Morgan fingerprint density at radius 2 is 1.57 bits per heavy atom. The number of aryl methyl sites for hydroxylation is 1. The Morgan fingerprint density at radius 1 is 0.869 bits per heavy atom. The lowest BCUT2D eigenvalue weighted by molar-refractivity contribution is -0.145. The first-order valence-corrected chi connectivity index (χ1v) is 31.2. The number of ketones is 1. The number of piperidine rings is 1. The Kier molecular flexibility index (Phi) is 16.6. The van der Waals surface area contributed by atoms with E-state index in [2.05, 4.69) is 40.3 Å². The van der Waals surface area contributed by atoms with Crippen molar-refractivity contribution in [1.82, 2.24) is 44.6 Å². The number of aromatic amines is 1. The third-order valence-corrected chi connectivity index (χ3v) is 20.1. The number of β-amino-alcohol motifs (C(OH)–C–C–N with tert-alkyl or cyclic N) is 1. The Bertz CT molecular complexity index is 3560. The molecule has 23 heteroatoms. The van der Waals surface area contributed by atoms with Crippen LogP contribution in [0.15, 0.2) is 84.6 Å². The fourth-order valence-corrected chi connectivity index (χ4v) is 14.6. The van der Waals surface area contributed by atoms with Crippen LogP contribution in [0.5, 0.6) is 0 Å². The van der Waals surface area contributed by atoms with Gasteiger partial charge in [-0.25, -0.2) is 23.1 Å². The second-order valence-electron chi connectivity index (χ2n) is 24.4. The first kappa shape index (κ1) is 59.0. The summed E-state index contributed by atoms with van der Waals surface area (Å²) in [6, 6.07) is 17.2. The summed E-state index contributed by atoms with van der Waals surface area (Å²) in [4.78, 5) is 78.1. The van der Waals surface area contributed by atoms with Gasteiger partial charge in [0.25, 0.3) is 0 Å². The third-order valence-electron chi connectivity index (χ3n) is 17.6. The van der Waals surface area contributed by atoms with Crippen LogP contribution in [0.4, 0.5) is 24.5 Å². The van der Waals surface area contributed by atoms with E-state index in [-0.39, 0.29) is 55.3 Å². The zero-order chi connectivity index (χ0) is 59.4. The Balaban J connectivity index is 0.657. The second kappa shape index (κ2) is 23.6. The van der Waals surface area contributed by atoms with Gasteiger partial charge in [0.1, 0.15) is 35.3 Å². The van der Waals surface area contributed by atoms with Gasteiger partial charge in [0.15, 0.2) is 5.82 Å². The van der Waals surface area contributed by atoms with Crippen LogP contribution in [0.2, 0.25) is 0 Å². The molecule has 0 radical (unpaired) electrons. The summed E-state index contributed by atoms with van der Waals surface area (Å²) in [6.45, 7) is 14.9. The molecule has 18 nitrogen and oxygen atoms in total. The van der Waals surface area contributed by atoms with Crippen LogP contribution in [0.25, 0.3) is 32.6 Å². The van der Waals surface area contributed by atoms with Crippen LogP contribution in [0.3, 0.4) is 0 Å². The van der Waals surface area contributed by atoms with Crippen LogP contribution in [0, 0.1) is 29.9 Å². The molecule has 3 aromatic carbocycles. The average molecular weight is 1190 g/mol. The number of aliphatic hydroxyl groups is 1. The van der Waals surface area contributed by atoms with Gasteiger partial charge in [-0.1, -0.05) is 57.2 Å². The molecule has 7 heterocycles. The summed E-state index contributed by atoms with van der Waals surface area (Å²) in [5.74, 6) is -3.98. The minimum Gasteiger partial charge on any atom is -0.391 e. The number of carbonyl (C=O) groups is 4. The van der Waals surface area contributed by atoms with E-state index in [1.54, 1.807) is 23.6 Å². The monoisotopic (exact) mass is 1190 g/mol. The molecule has 11 rings (SSSR count). The number of carbonyl (C=O) groups excluding carboxylic acids is 4. The molecule has 0 unspecified atom stereocenters. The molecule has 1 aliphatic carbocycles.